The summed E-state index contributed by atoms with van der Waals surface area (Å²) in [6.07, 6.45) is 2.22. The largest absolute Gasteiger partial charge is 0.493 e. The van der Waals surface area contributed by atoms with Gasteiger partial charge in [0.05, 0.1) is 24.8 Å². The van der Waals surface area contributed by atoms with Crippen molar-refractivity contribution in [3.8, 4) is 11.5 Å². The number of amides is 2. The van der Waals surface area contributed by atoms with Crippen LogP contribution in [0.25, 0.3) is 10.9 Å². The molecule has 47 heavy (non-hydrogen) atoms. The van der Waals surface area contributed by atoms with Gasteiger partial charge in [0.25, 0.3) is 0 Å². The first-order chi connectivity index (χ1) is 22.6. The van der Waals surface area contributed by atoms with Gasteiger partial charge in [0, 0.05) is 38.8 Å². The van der Waals surface area contributed by atoms with Crippen LogP contribution in [0.5, 0.6) is 11.5 Å². The topological polar surface area (TPSA) is 125 Å². The second-order valence-electron chi connectivity index (χ2n) is 11.1. The Kier molecular flexibility index (Phi) is 11.1. The van der Waals surface area contributed by atoms with Gasteiger partial charge in [-0.3, -0.25) is 9.78 Å². The number of alkyl halides is 3. The van der Waals surface area contributed by atoms with Gasteiger partial charge >= 0.3 is 18.2 Å². The van der Waals surface area contributed by atoms with Crippen LogP contribution in [-0.2, 0) is 15.7 Å². The Hall–Kier alpha value is -4.49. The Morgan fingerprint density at radius 1 is 0.979 bits per heavy atom. The zero-order valence-corrected chi connectivity index (χ0v) is 26.5. The van der Waals surface area contributed by atoms with Gasteiger partial charge in [-0.05, 0) is 99.2 Å². The van der Waals surface area contributed by atoms with Gasteiger partial charge < -0.3 is 30.6 Å². The van der Waals surface area contributed by atoms with Gasteiger partial charge in [-0.1, -0.05) is 11.8 Å². The van der Waals surface area contributed by atoms with E-state index in [2.05, 4.69) is 15.6 Å². The lowest BCUT2D eigenvalue weighted by molar-refractivity contribution is -0.150. The molecule has 5 rings (SSSR count). The minimum Gasteiger partial charge on any atom is -0.493 e. The predicted octanol–water partition coefficient (Wildman–Crippen LogP) is 8.03. The molecule has 0 bridgehead atoms. The summed E-state index contributed by atoms with van der Waals surface area (Å²) >= 11 is 1.50. The number of hydrogen-bond donors (Lipinski definition) is 3. The van der Waals surface area contributed by atoms with Gasteiger partial charge in [-0.15, -0.1) is 0 Å². The molecule has 0 aliphatic heterocycles. The number of fused-ring (bicyclic) bond motifs is 1. The van der Waals surface area contributed by atoms with E-state index < -0.39 is 23.8 Å². The van der Waals surface area contributed by atoms with Crippen LogP contribution in [0.3, 0.4) is 0 Å². The van der Waals surface area contributed by atoms with E-state index in [1.54, 1.807) is 25.4 Å². The van der Waals surface area contributed by atoms with E-state index in [1.807, 2.05) is 30.3 Å². The molecule has 1 atom stereocenters. The number of urea groups is 1. The minimum atomic E-state index is -4.45. The van der Waals surface area contributed by atoms with Crippen molar-refractivity contribution in [1.82, 2.24) is 4.98 Å². The van der Waals surface area contributed by atoms with Crippen molar-refractivity contribution in [1.29, 1.82) is 0 Å². The molecule has 1 unspecified atom stereocenters. The Morgan fingerprint density at radius 3 is 2.28 bits per heavy atom. The molecule has 1 saturated carbocycles. The summed E-state index contributed by atoms with van der Waals surface area (Å²) in [7, 11) is 1.56. The second kappa shape index (κ2) is 15.4. The third kappa shape index (κ3) is 9.29. The predicted molar refractivity (Wildman–Crippen MR) is 174 cm³/mol. The lowest BCUT2D eigenvalue weighted by Crippen LogP contribution is -2.34. The fourth-order valence-electron chi connectivity index (χ4n) is 5.12. The molecule has 1 aliphatic rings. The molecular weight excluding hydrogens is 633 g/mol. The number of nitrogens with two attached hydrogens (primary N) is 1. The number of halogens is 3. The van der Waals surface area contributed by atoms with Crippen molar-refractivity contribution in [2.45, 2.75) is 66.6 Å². The number of carbonyl (C=O) groups is 2. The lowest BCUT2D eigenvalue weighted by atomic mass is 10.1. The van der Waals surface area contributed by atoms with Crippen LogP contribution in [0, 0.1) is 0 Å². The van der Waals surface area contributed by atoms with E-state index in [9.17, 15) is 22.8 Å². The number of anilines is 2. The number of pyridine rings is 1. The maximum absolute atomic E-state index is 12.8. The number of methoxy groups -OCH3 is 1. The van der Waals surface area contributed by atoms with Crippen LogP contribution in [0.15, 0.2) is 82.7 Å². The highest BCUT2D eigenvalue weighted by molar-refractivity contribution is 7.99. The number of rotatable bonds is 12. The first-order valence-corrected chi connectivity index (χ1v) is 16.0. The zero-order chi connectivity index (χ0) is 33.4. The summed E-state index contributed by atoms with van der Waals surface area (Å²) in [5.74, 6) is 0.708. The van der Waals surface area contributed by atoms with E-state index >= 15 is 0 Å². The number of hydrogen-bond acceptors (Lipinski definition) is 8. The number of nitrogens with zero attached hydrogens (tertiary/aromatic N) is 1. The highest BCUT2D eigenvalue weighted by Gasteiger charge is 2.30. The third-order valence-corrected chi connectivity index (χ3v) is 8.69. The molecule has 0 radical (unpaired) electrons. The fraction of sp³-hybridized carbons (Fsp3) is 0.324. The molecule has 1 heterocycles. The summed E-state index contributed by atoms with van der Waals surface area (Å²) in [6, 6.07) is 15.6. The average Bonchev–Trinajstić information content (AvgIpc) is 3.56. The van der Waals surface area contributed by atoms with E-state index in [4.69, 9.17) is 19.9 Å². The van der Waals surface area contributed by atoms with Gasteiger partial charge in [0.1, 0.15) is 12.1 Å². The highest BCUT2D eigenvalue weighted by Crippen LogP contribution is 2.39. The fourth-order valence-corrected chi connectivity index (χ4v) is 6.05. The van der Waals surface area contributed by atoms with Crippen LogP contribution in [-0.4, -0.2) is 42.8 Å². The van der Waals surface area contributed by atoms with E-state index in [0.717, 1.165) is 53.0 Å². The molecule has 1 aliphatic carbocycles. The Labute approximate surface area is 274 Å². The van der Waals surface area contributed by atoms with Crippen LogP contribution < -0.4 is 25.8 Å². The van der Waals surface area contributed by atoms with Crippen molar-refractivity contribution in [3.63, 3.8) is 0 Å². The van der Waals surface area contributed by atoms with Gasteiger partial charge in [0.2, 0.25) is 0 Å². The van der Waals surface area contributed by atoms with Gasteiger partial charge in [-0.25, -0.2) is 4.79 Å². The van der Waals surface area contributed by atoms with Crippen LogP contribution in [0.1, 0.15) is 44.1 Å². The molecule has 4 N–H and O–H groups in total. The third-order valence-electron chi connectivity index (χ3n) is 7.60. The Morgan fingerprint density at radius 2 is 1.64 bits per heavy atom. The zero-order valence-electron chi connectivity index (χ0n) is 25.6. The summed E-state index contributed by atoms with van der Waals surface area (Å²) in [5.41, 5.74) is 6.70. The summed E-state index contributed by atoms with van der Waals surface area (Å²) in [4.78, 5) is 31.0. The number of benzene rings is 3. The first-order valence-electron chi connectivity index (χ1n) is 15.2. The molecule has 3 aromatic carbocycles. The molecule has 13 heteroatoms. The van der Waals surface area contributed by atoms with Gasteiger partial charge in [0.15, 0.2) is 11.5 Å². The molecule has 1 aromatic heterocycles. The molecule has 1 fully saturated rings. The standard InChI is InChI=1S/C34H35F3N4O5S/c1-44-29-19-26-28(20-30(29)45-18-4-7-27(38)32(42)46-24-5-2-3-6-24)39-17-16-31(26)47-25-14-12-23(13-15-25)41-33(43)40-22-10-8-21(9-11-22)34(35,36)37/h8-17,19-20,24,27H,2-7,18,38H2,1H3,(H2,40,41,43). The minimum absolute atomic E-state index is 0.0111. The van der Waals surface area contributed by atoms with E-state index in [0.29, 0.717) is 42.2 Å². The van der Waals surface area contributed by atoms with Crippen LogP contribution in [0.4, 0.5) is 29.3 Å². The van der Waals surface area contributed by atoms with Gasteiger partial charge in [-0.2, -0.15) is 13.2 Å². The number of aromatic nitrogens is 1. The monoisotopic (exact) mass is 668 g/mol. The summed E-state index contributed by atoms with van der Waals surface area (Å²) in [5, 5.41) is 6.05. The molecule has 248 valence electrons. The summed E-state index contributed by atoms with van der Waals surface area (Å²) < 4.78 is 55.4. The normalized spacial score (nSPS) is 14.1. The highest BCUT2D eigenvalue weighted by atomic mass is 32.2. The Bertz CT molecular complexity index is 1680. The smallest absolute Gasteiger partial charge is 0.416 e. The average molecular weight is 669 g/mol. The maximum atomic E-state index is 12.8. The van der Waals surface area contributed by atoms with E-state index in [1.165, 1.54) is 23.9 Å². The second-order valence-corrected chi connectivity index (χ2v) is 12.2. The van der Waals surface area contributed by atoms with Crippen LogP contribution in [0.2, 0.25) is 0 Å². The number of carbonyl (C=O) groups excluding carboxylic acids is 2. The maximum Gasteiger partial charge on any atom is 0.416 e. The SMILES string of the molecule is COc1cc2c(Sc3ccc(NC(=O)Nc4ccc(C(F)(F)F)cc4)cc3)ccnc2cc1OCCCC(N)C(=O)OC1CCCC1. The molecule has 4 aromatic rings. The summed E-state index contributed by atoms with van der Waals surface area (Å²) in [6.45, 7) is 0.337. The van der Waals surface area contributed by atoms with E-state index in [-0.39, 0.29) is 17.8 Å². The van der Waals surface area contributed by atoms with Crippen molar-refractivity contribution >= 4 is 46.0 Å². The number of nitrogens with one attached hydrogen (secondary N) is 2. The lowest BCUT2D eigenvalue weighted by Gasteiger charge is -2.16. The van der Waals surface area contributed by atoms with Crippen molar-refractivity contribution in [2.24, 2.45) is 5.73 Å². The molecule has 0 saturated heterocycles. The number of esters is 1. The van der Waals surface area contributed by atoms with Crippen molar-refractivity contribution in [3.05, 3.63) is 78.5 Å². The molecule has 0 spiro atoms. The van der Waals surface area contributed by atoms with Crippen molar-refractivity contribution in [2.75, 3.05) is 24.4 Å². The number of ether oxygens (including phenoxy) is 3. The van der Waals surface area contributed by atoms with Crippen molar-refractivity contribution < 1.29 is 37.0 Å². The molecule has 9 nitrogen and oxygen atoms in total. The first kappa shape index (κ1) is 33.9. The Balaban J connectivity index is 1.15. The van der Waals surface area contributed by atoms with Crippen LogP contribution >= 0.6 is 11.8 Å². The molecular formula is C34H35F3N4O5S. The quantitative estimate of drug-likeness (QED) is 0.102. The molecule has 2 amide bonds.